The first kappa shape index (κ1) is 22.6. The zero-order chi connectivity index (χ0) is 25.1. The van der Waals surface area contributed by atoms with E-state index in [1.165, 1.54) is 12.1 Å². The normalized spacial score (nSPS) is 17.9. The van der Waals surface area contributed by atoms with E-state index in [4.69, 9.17) is 33.3 Å². The summed E-state index contributed by atoms with van der Waals surface area (Å²) in [4.78, 5) is 29.8. The van der Waals surface area contributed by atoms with Crippen molar-refractivity contribution < 1.29 is 9.72 Å². The maximum Gasteiger partial charge on any atom is 0.269 e. The van der Waals surface area contributed by atoms with Crippen molar-refractivity contribution in [3.8, 4) is 11.1 Å². The number of benzene rings is 3. The number of aromatic nitrogens is 2. The summed E-state index contributed by atoms with van der Waals surface area (Å²) >= 11 is 12.8. The number of nitrogens with zero attached hydrogens (tertiary/aromatic N) is 4. The largest absolute Gasteiger partial charge is 0.293 e. The highest BCUT2D eigenvalue weighted by Crippen LogP contribution is 2.49. The van der Waals surface area contributed by atoms with Crippen LogP contribution >= 0.6 is 23.2 Å². The Labute approximate surface area is 216 Å². The number of nitro benzene ring substituents is 1. The van der Waals surface area contributed by atoms with Gasteiger partial charge in [0.05, 0.1) is 38.9 Å². The summed E-state index contributed by atoms with van der Waals surface area (Å²) in [6.45, 7) is 1.98. The van der Waals surface area contributed by atoms with Gasteiger partial charge in [-0.15, -0.1) is 0 Å². The van der Waals surface area contributed by atoms with Crippen molar-refractivity contribution in [3.63, 3.8) is 0 Å². The highest BCUT2D eigenvalue weighted by Gasteiger charge is 2.47. The Hall–Kier alpha value is -3.81. The molecule has 178 valence electrons. The maximum atomic E-state index is 13.7. The molecule has 36 heavy (non-hydrogen) atoms. The van der Waals surface area contributed by atoms with Crippen LogP contribution < -0.4 is 0 Å². The molecule has 0 spiro atoms. The molecule has 4 aromatic rings. The fourth-order valence-electron chi connectivity index (χ4n) is 5.20. The lowest BCUT2D eigenvalue weighted by Gasteiger charge is -2.29. The first-order chi connectivity index (χ1) is 17.4. The number of hydrogen-bond acceptors (Lipinski definition) is 5. The van der Waals surface area contributed by atoms with Crippen LogP contribution in [-0.4, -0.2) is 26.2 Å². The van der Waals surface area contributed by atoms with Gasteiger partial charge in [-0.05, 0) is 24.1 Å². The molecular weight excluding hydrogens is 499 g/mol. The summed E-state index contributed by atoms with van der Waals surface area (Å²) in [5.74, 6) is -0.176. The summed E-state index contributed by atoms with van der Waals surface area (Å²) in [6, 6.07) is 18.4. The number of Topliss-reactive ketones (excluding diaryl/α,β-unsaturated/α-hetero) is 1. The second-order valence-corrected chi connectivity index (χ2v) is 9.59. The van der Waals surface area contributed by atoms with Gasteiger partial charge in [0, 0.05) is 33.8 Å². The summed E-state index contributed by atoms with van der Waals surface area (Å²) in [5, 5.41) is 17.4. The zero-order valence-corrected chi connectivity index (χ0v) is 20.5. The van der Waals surface area contributed by atoms with Crippen molar-refractivity contribution in [3.05, 3.63) is 109 Å². The Bertz CT molecular complexity index is 1630. The van der Waals surface area contributed by atoms with E-state index in [9.17, 15) is 14.9 Å². The Kier molecular flexibility index (Phi) is 5.28. The molecular formula is C27H18Cl2N4O3. The average Bonchev–Trinajstić information content (AvgIpc) is 3.38. The van der Waals surface area contributed by atoms with Crippen LogP contribution in [0.3, 0.4) is 0 Å². The maximum absolute atomic E-state index is 13.7. The number of nitro groups is 1. The number of carbonyl (C=O) groups excluding carboxylic acids is 1. The molecule has 0 radical (unpaired) electrons. The number of carbonyl (C=O) groups is 1. The van der Waals surface area contributed by atoms with E-state index < -0.39 is 16.9 Å². The predicted molar refractivity (Wildman–Crippen MR) is 139 cm³/mol. The standard InChI is InChI=1S/C27H18Cl2N4O3/c1-2-21-22(19-11-10-15(28)13-20(19)29)27-30-24-17-8-3-4-9-18(17)26(34)23(24)25(32(27)31-21)14-6-5-7-16(12-14)33(35)36/h3-13,23,25H,2H2,1H3. The molecule has 0 amide bonds. The molecule has 1 aromatic heterocycles. The average molecular weight is 517 g/mol. The summed E-state index contributed by atoms with van der Waals surface area (Å²) in [7, 11) is 0. The third-order valence-corrected chi connectivity index (χ3v) is 7.31. The van der Waals surface area contributed by atoms with Crippen molar-refractivity contribution in [1.29, 1.82) is 0 Å². The smallest absolute Gasteiger partial charge is 0.269 e. The van der Waals surface area contributed by atoms with Crippen molar-refractivity contribution in [2.24, 2.45) is 10.9 Å². The quantitative estimate of drug-likeness (QED) is 0.218. The number of aliphatic imine (C=N–C) groups is 1. The third-order valence-electron chi connectivity index (χ3n) is 6.77. The summed E-state index contributed by atoms with van der Waals surface area (Å²) < 4.78 is 1.73. The molecule has 1 aliphatic carbocycles. The van der Waals surface area contributed by atoms with Gasteiger partial charge in [0.2, 0.25) is 0 Å². The zero-order valence-electron chi connectivity index (χ0n) is 19.0. The molecule has 0 bridgehead atoms. The monoisotopic (exact) mass is 516 g/mol. The lowest BCUT2D eigenvalue weighted by molar-refractivity contribution is -0.384. The van der Waals surface area contributed by atoms with Crippen molar-refractivity contribution >= 4 is 46.2 Å². The number of non-ortho nitro benzene ring substituents is 1. The Morgan fingerprint density at radius 3 is 2.50 bits per heavy atom. The van der Waals surface area contributed by atoms with Gasteiger partial charge in [-0.25, -0.2) is 9.67 Å². The number of rotatable bonds is 4. The van der Waals surface area contributed by atoms with Crippen LogP contribution in [0.1, 0.15) is 40.1 Å². The second-order valence-electron chi connectivity index (χ2n) is 8.75. The van der Waals surface area contributed by atoms with Gasteiger partial charge >= 0.3 is 0 Å². The fraction of sp³-hybridized carbons (Fsp3) is 0.148. The van der Waals surface area contributed by atoms with Gasteiger partial charge in [-0.1, -0.05) is 72.6 Å². The van der Waals surface area contributed by atoms with Crippen LogP contribution in [0, 0.1) is 16.0 Å². The number of ketones is 1. The molecule has 6 rings (SSSR count). The Morgan fingerprint density at radius 1 is 1.00 bits per heavy atom. The lowest BCUT2D eigenvalue weighted by atomic mass is 9.87. The van der Waals surface area contributed by atoms with Crippen LogP contribution in [0.5, 0.6) is 0 Å². The number of fused-ring (bicyclic) bond motifs is 4. The SMILES string of the molecule is CCc1nn2c(c1-c1ccc(Cl)cc1Cl)N=C1c3ccccc3C(=O)C1C2c1cccc([N+](=O)[O-])c1. The van der Waals surface area contributed by atoms with Gasteiger partial charge in [0.25, 0.3) is 5.69 Å². The molecule has 0 fully saturated rings. The minimum Gasteiger partial charge on any atom is -0.293 e. The molecule has 9 heteroatoms. The van der Waals surface area contributed by atoms with Crippen molar-refractivity contribution in [1.82, 2.24) is 9.78 Å². The third kappa shape index (κ3) is 3.31. The van der Waals surface area contributed by atoms with Gasteiger partial charge in [0.1, 0.15) is 0 Å². The highest BCUT2D eigenvalue weighted by atomic mass is 35.5. The van der Waals surface area contributed by atoms with E-state index in [1.807, 2.05) is 31.2 Å². The van der Waals surface area contributed by atoms with Crippen LogP contribution in [-0.2, 0) is 6.42 Å². The van der Waals surface area contributed by atoms with Crippen LogP contribution in [0.2, 0.25) is 10.0 Å². The van der Waals surface area contributed by atoms with E-state index in [0.717, 1.165) is 22.4 Å². The number of hydrogen-bond donors (Lipinski definition) is 0. The van der Waals surface area contributed by atoms with Crippen LogP contribution in [0.25, 0.3) is 11.1 Å². The van der Waals surface area contributed by atoms with E-state index in [2.05, 4.69) is 0 Å². The summed E-state index contributed by atoms with van der Waals surface area (Å²) in [6.07, 6.45) is 0.593. The topological polar surface area (TPSA) is 90.4 Å². The Morgan fingerprint density at radius 2 is 1.78 bits per heavy atom. The van der Waals surface area contributed by atoms with Gasteiger partial charge in [-0.3, -0.25) is 14.9 Å². The van der Waals surface area contributed by atoms with E-state index in [1.54, 1.807) is 35.0 Å². The molecule has 0 saturated heterocycles. The minimum atomic E-state index is -0.657. The molecule has 2 atom stereocenters. The van der Waals surface area contributed by atoms with E-state index in [0.29, 0.717) is 39.1 Å². The van der Waals surface area contributed by atoms with Crippen molar-refractivity contribution in [2.45, 2.75) is 19.4 Å². The molecule has 3 aromatic carbocycles. The predicted octanol–water partition coefficient (Wildman–Crippen LogP) is 6.86. The molecule has 2 heterocycles. The van der Waals surface area contributed by atoms with Crippen LogP contribution in [0.15, 0.2) is 71.7 Å². The minimum absolute atomic E-state index is 0.0510. The van der Waals surface area contributed by atoms with Gasteiger partial charge in [-0.2, -0.15) is 5.10 Å². The summed E-state index contributed by atoms with van der Waals surface area (Å²) in [5.41, 5.74) is 4.80. The molecule has 0 saturated carbocycles. The number of halogens is 2. The first-order valence-electron chi connectivity index (χ1n) is 11.4. The molecule has 7 nitrogen and oxygen atoms in total. The van der Waals surface area contributed by atoms with E-state index in [-0.39, 0.29) is 11.5 Å². The van der Waals surface area contributed by atoms with Gasteiger partial charge in [0.15, 0.2) is 11.6 Å². The van der Waals surface area contributed by atoms with Gasteiger partial charge < -0.3 is 0 Å². The first-order valence-corrected chi connectivity index (χ1v) is 12.2. The highest BCUT2D eigenvalue weighted by molar-refractivity contribution is 6.36. The number of aryl methyl sites for hydroxylation is 1. The van der Waals surface area contributed by atoms with Crippen LogP contribution in [0.4, 0.5) is 11.5 Å². The second kappa shape index (κ2) is 8.40. The molecule has 2 aliphatic rings. The molecule has 0 N–H and O–H groups in total. The fourth-order valence-corrected chi connectivity index (χ4v) is 5.71. The Balaban J connectivity index is 1.67. The lowest BCUT2D eigenvalue weighted by Crippen LogP contribution is -2.33. The van der Waals surface area contributed by atoms with Crippen molar-refractivity contribution in [2.75, 3.05) is 0 Å². The molecule has 2 unspecified atom stereocenters. The van der Waals surface area contributed by atoms with E-state index >= 15 is 0 Å². The molecule has 1 aliphatic heterocycles.